The Bertz CT molecular complexity index is 1290. The van der Waals surface area contributed by atoms with Crippen molar-refractivity contribution in [3.05, 3.63) is 36.4 Å². The minimum atomic E-state index is -4.39. The predicted octanol–water partition coefficient (Wildman–Crippen LogP) is 1.32. The summed E-state index contributed by atoms with van der Waals surface area (Å²) in [5, 5.41) is 2.75. The topological polar surface area (TPSA) is 186 Å². The molecule has 13 nitrogen and oxygen atoms in total. The Hall–Kier alpha value is -3.81. The smallest absolute Gasteiger partial charge is 0.405 e. The maximum Gasteiger partial charge on any atom is 0.405 e. The largest absolute Gasteiger partial charge is 0.495 e. The van der Waals surface area contributed by atoms with E-state index in [0.717, 1.165) is 12.8 Å². The molecule has 1 saturated carbocycles. The van der Waals surface area contributed by atoms with E-state index in [4.69, 9.17) is 15.2 Å². The Kier molecular flexibility index (Phi) is 8.86. The summed E-state index contributed by atoms with van der Waals surface area (Å²) in [7, 11) is -3.00. The lowest BCUT2D eigenvalue weighted by molar-refractivity contribution is -0.146. The van der Waals surface area contributed by atoms with Crippen molar-refractivity contribution in [3.8, 4) is 5.75 Å². The Morgan fingerprint density at radius 2 is 1.90 bits per heavy atom. The number of carbonyl (C=O) groups excluding carboxylic acids is 4. The first kappa shape index (κ1) is 29.2. The van der Waals surface area contributed by atoms with Crippen LogP contribution in [0.3, 0.4) is 0 Å². The summed E-state index contributed by atoms with van der Waals surface area (Å²) in [5.74, 6) is -2.16. The number of nitrogens with one attached hydrogen (secondary N) is 3. The first-order chi connectivity index (χ1) is 19.1. The van der Waals surface area contributed by atoms with E-state index >= 15 is 0 Å². The van der Waals surface area contributed by atoms with E-state index in [1.165, 1.54) is 18.1 Å². The Morgan fingerprint density at radius 1 is 1.12 bits per heavy atom. The molecule has 4 amide bonds. The number of methoxy groups -OCH3 is 1. The molecule has 1 aliphatic carbocycles. The molecule has 1 aromatic rings. The molecule has 2 fully saturated rings. The number of hydrogen-bond acceptors (Lipinski definition) is 8. The molecule has 5 N–H and O–H groups in total. The van der Waals surface area contributed by atoms with E-state index in [1.54, 1.807) is 18.2 Å². The van der Waals surface area contributed by atoms with Gasteiger partial charge in [-0.05, 0) is 57.1 Å². The fraction of sp³-hybridized carbons (Fsp3) is 0.538. The number of rotatable bonds is 6. The van der Waals surface area contributed by atoms with E-state index in [9.17, 15) is 27.6 Å². The number of amides is 4. The summed E-state index contributed by atoms with van der Waals surface area (Å²) in [6, 6.07) is 5.41. The van der Waals surface area contributed by atoms with Crippen molar-refractivity contribution in [2.75, 3.05) is 18.4 Å². The zero-order chi connectivity index (χ0) is 28.9. The second kappa shape index (κ2) is 12.1. The molecule has 3 aliphatic rings. The number of carbonyl (C=O) groups is 4. The number of para-hydroxylation sites is 2. The van der Waals surface area contributed by atoms with Crippen LogP contribution in [0.5, 0.6) is 5.75 Å². The summed E-state index contributed by atoms with van der Waals surface area (Å²) in [6.07, 6.45) is 5.74. The summed E-state index contributed by atoms with van der Waals surface area (Å²) in [5.41, 5.74) is 3.82. The molecule has 4 unspecified atom stereocenters. The van der Waals surface area contributed by atoms with Gasteiger partial charge in [0, 0.05) is 12.5 Å². The predicted molar refractivity (Wildman–Crippen MR) is 144 cm³/mol. The minimum Gasteiger partial charge on any atom is -0.495 e. The molecule has 0 radical (unpaired) electrons. The maximum atomic E-state index is 13.5. The molecule has 4 atom stereocenters. The molecule has 40 heavy (non-hydrogen) atoms. The molecule has 218 valence electrons. The number of allylic oxidation sites excluding steroid dienone is 1. The van der Waals surface area contributed by atoms with E-state index in [1.807, 2.05) is 16.9 Å². The molecule has 14 heteroatoms. The standard InChI is InChI=1S/C26H35N5O8S/c1-38-20-13-8-7-11-18(20)29-40(36,37)30-24(34)26-16-17(26)10-5-3-2-4-6-14-21(39-25(27)35)23(33)31-15-9-12-19(31)22(32)28-26/h5,7-8,10-11,13,17,19,21,29H,2-4,6,9,12,14-16H2,1H3,(H2,27,35)(H,28,32)(H,30,34)/b10-5-. The second-order valence-corrected chi connectivity index (χ2v) is 11.6. The van der Waals surface area contributed by atoms with Crippen molar-refractivity contribution >= 4 is 39.7 Å². The van der Waals surface area contributed by atoms with Crippen LogP contribution in [0.4, 0.5) is 10.5 Å². The van der Waals surface area contributed by atoms with Gasteiger partial charge in [0.05, 0.1) is 12.8 Å². The molecule has 2 heterocycles. The second-order valence-electron chi connectivity index (χ2n) is 10.2. The number of nitrogens with zero attached hydrogens (tertiary/aromatic N) is 1. The van der Waals surface area contributed by atoms with Gasteiger partial charge in [-0.15, -0.1) is 0 Å². The Balaban J connectivity index is 1.56. The fourth-order valence-electron chi connectivity index (χ4n) is 5.29. The lowest BCUT2D eigenvalue weighted by Gasteiger charge is -2.29. The van der Waals surface area contributed by atoms with Crippen molar-refractivity contribution in [2.24, 2.45) is 11.7 Å². The average molecular weight is 578 g/mol. The van der Waals surface area contributed by atoms with Crippen LogP contribution >= 0.6 is 0 Å². The monoisotopic (exact) mass is 577 g/mol. The van der Waals surface area contributed by atoms with Crippen LogP contribution in [0.1, 0.15) is 51.4 Å². The summed E-state index contributed by atoms with van der Waals surface area (Å²) in [4.78, 5) is 53.0. The third-order valence-corrected chi connectivity index (χ3v) is 8.37. The highest BCUT2D eigenvalue weighted by molar-refractivity contribution is 7.91. The van der Waals surface area contributed by atoms with Gasteiger partial charge in [0.25, 0.3) is 11.8 Å². The molecule has 0 bridgehead atoms. The van der Waals surface area contributed by atoms with Crippen LogP contribution in [0.15, 0.2) is 36.4 Å². The van der Waals surface area contributed by atoms with Crippen LogP contribution in [0, 0.1) is 5.92 Å². The van der Waals surface area contributed by atoms with Gasteiger partial charge in [-0.2, -0.15) is 8.42 Å². The van der Waals surface area contributed by atoms with Gasteiger partial charge in [-0.1, -0.05) is 30.7 Å². The molecule has 0 aromatic heterocycles. The lowest BCUT2D eigenvalue weighted by atomic mass is 10.1. The number of ether oxygens (including phenoxy) is 2. The quantitative estimate of drug-likeness (QED) is 0.365. The third-order valence-electron chi connectivity index (χ3n) is 7.42. The van der Waals surface area contributed by atoms with E-state index < -0.39 is 57.6 Å². The van der Waals surface area contributed by atoms with Gasteiger partial charge in [0.1, 0.15) is 17.3 Å². The highest BCUT2D eigenvalue weighted by Gasteiger charge is 2.61. The lowest BCUT2D eigenvalue weighted by Crippen LogP contribution is -2.57. The zero-order valence-electron chi connectivity index (χ0n) is 22.3. The number of hydrogen-bond donors (Lipinski definition) is 4. The van der Waals surface area contributed by atoms with Crippen molar-refractivity contribution in [3.63, 3.8) is 0 Å². The molecule has 1 saturated heterocycles. The molecule has 1 aromatic carbocycles. The summed E-state index contributed by atoms with van der Waals surface area (Å²) < 4.78 is 40.3. The van der Waals surface area contributed by atoms with Crippen molar-refractivity contribution < 1.29 is 37.1 Å². The van der Waals surface area contributed by atoms with Gasteiger partial charge in [0.2, 0.25) is 5.91 Å². The van der Waals surface area contributed by atoms with Gasteiger partial charge < -0.3 is 25.4 Å². The first-order valence-electron chi connectivity index (χ1n) is 13.3. The Labute approximate surface area is 233 Å². The molecule has 2 aliphatic heterocycles. The van der Waals surface area contributed by atoms with Crippen molar-refractivity contribution in [1.82, 2.24) is 14.9 Å². The van der Waals surface area contributed by atoms with Crippen LogP contribution in [-0.2, 0) is 29.3 Å². The van der Waals surface area contributed by atoms with Crippen LogP contribution in [-0.4, -0.2) is 68.5 Å². The molecule has 4 rings (SSSR count). The summed E-state index contributed by atoms with van der Waals surface area (Å²) in [6.45, 7) is 0.273. The fourth-order valence-corrected chi connectivity index (χ4v) is 6.22. The van der Waals surface area contributed by atoms with Crippen LogP contribution in [0.2, 0.25) is 0 Å². The Morgan fingerprint density at radius 3 is 2.65 bits per heavy atom. The number of benzene rings is 1. The molecular formula is C26H35N5O8S. The summed E-state index contributed by atoms with van der Waals surface area (Å²) >= 11 is 0. The highest BCUT2D eigenvalue weighted by Crippen LogP contribution is 2.45. The number of fused-ring (bicyclic) bond motifs is 2. The minimum absolute atomic E-state index is 0.133. The van der Waals surface area contributed by atoms with Gasteiger partial charge in [0.15, 0.2) is 6.10 Å². The highest BCUT2D eigenvalue weighted by atomic mass is 32.2. The van der Waals surface area contributed by atoms with Crippen LogP contribution in [0.25, 0.3) is 0 Å². The zero-order valence-corrected chi connectivity index (χ0v) is 23.1. The van der Waals surface area contributed by atoms with Gasteiger partial charge in [-0.25, -0.2) is 9.52 Å². The van der Waals surface area contributed by atoms with Crippen molar-refractivity contribution in [2.45, 2.75) is 69.1 Å². The SMILES string of the molecule is COc1ccccc1NS(=O)(=O)NC(=O)C12CC1/C=C\CCCCCC(OC(N)=O)C(=O)N1CCCC1C(=O)N2. The normalized spacial score (nSPS) is 28.0. The molecule has 0 spiro atoms. The van der Waals surface area contributed by atoms with Gasteiger partial charge >= 0.3 is 16.3 Å². The van der Waals surface area contributed by atoms with E-state index in [2.05, 4.69) is 10.0 Å². The number of primary amides is 1. The van der Waals surface area contributed by atoms with E-state index in [-0.39, 0.29) is 30.8 Å². The van der Waals surface area contributed by atoms with Crippen molar-refractivity contribution in [1.29, 1.82) is 0 Å². The number of anilines is 1. The average Bonchev–Trinajstić information content (AvgIpc) is 3.36. The molecular weight excluding hydrogens is 542 g/mol. The van der Waals surface area contributed by atoms with Crippen LogP contribution < -0.4 is 25.2 Å². The first-order valence-corrected chi connectivity index (χ1v) is 14.8. The maximum absolute atomic E-state index is 13.5. The van der Waals surface area contributed by atoms with Gasteiger partial charge in [-0.3, -0.25) is 19.1 Å². The van der Waals surface area contributed by atoms with E-state index in [0.29, 0.717) is 25.7 Å². The number of nitrogens with two attached hydrogens (primary N) is 1. The third kappa shape index (κ3) is 6.66.